The molecule has 0 aromatic carbocycles. The first-order valence-electron chi connectivity index (χ1n) is 8.82. The molecule has 2 fully saturated rings. The van der Waals surface area contributed by atoms with E-state index < -0.39 is 0 Å². The molecule has 0 bridgehead atoms. The zero-order chi connectivity index (χ0) is 15.4. The highest BCUT2D eigenvalue weighted by Gasteiger charge is 2.37. The van der Waals surface area contributed by atoms with Crippen LogP contribution in [0.15, 0.2) is 41.1 Å². The second-order valence-corrected chi connectivity index (χ2v) is 7.24. The number of hydrogen-bond acceptors (Lipinski definition) is 4. The number of aryl methyl sites for hydroxylation is 1. The second-order valence-electron chi connectivity index (χ2n) is 7.24. The lowest BCUT2D eigenvalue weighted by atomic mass is 9.89. The Balaban J connectivity index is 1.50. The molecule has 0 radical (unpaired) electrons. The van der Waals surface area contributed by atoms with Crippen LogP contribution in [-0.4, -0.2) is 44.0 Å². The molecule has 0 atom stereocenters. The molecule has 0 N–H and O–H groups in total. The predicted octanol–water partition coefficient (Wildman–Crippen LogP) is 2.63. The molecule has 1 aromatic rings. The Kier molecular flexibility index (Phi) is 2.90. The predicted molar refractivity (Wildman–Crippen MR) is 89.7 cm³/mol. The number of aromatic nitrogens is 2. The molecule has 1 aromatic heterocycles. The molecule has 23 heavy (non-hydrogen) atoms. The summed E-state index contributed by atoms with van der Waals surface area (Å²) in [7, 11) is 1.96. The quantitative estimate of drug-likeness (QED) is 0.861. The first-order valence-corrected chi connectivity index (χ1v) is 8.82. The van der Waals surface area contributed by atoms with E-state index in [1.807, 2.05) is 24.1 Å². The Hall–Kier alpha value is -2.04. The van der Waals surface area contributed by atoms with Crippen molar-refractivity contribution in [2.45, 2.75) is 50.6 Å². The molecule has 2 aliphatic heterocycles. The van der Waals surface area contributed by atoms with Crippen LogP contribution < -0.4 is 0 Å². The summed E-state index contributed by atoms with van der Waals surface area (Å²) < 4.78 is 1.84. The van der Waals surface area contributed by atoms with Crippen LogP contribution in [0.1, 0.15) is 44.1 Å². The third-order valence-electron chi connectivity index (χ3n) is 5.75. The van der Waals surface area contributed by atoms with E-state index in [1.54, 1.807) is 0 Å². The van der Waals surface area contributed by atoms with Crippen LogP contribution in [-0.2, 0) is 7.05 Å². The molecule has 2 aliphatic carbocycles. The first kappa shape index (κ1) is 13.4. The third kappa shape index (κ3) is 2.13. The molecule has 3 heterocycles. The number of rotatable bonds is 3. The summed E-state index contributed by atoms with van der Waals surface area (Å²) >= 11 is 0. The fourth-order valence-electron chi connectivity index (χ4n) is 3.85. The maximum absolute atomic E-state index is 4.92. The lowest BCUT2D eigenvalue weighted by molar-refractivity contribution is 0.0595. The monoisotopic (exact) mass is 309 g/mol. The number of nitrogens with zero attached hydrogens (tertiary/aromatic N) is 5. The van der Waals surface area contributed by atoms with Gasteiger partial charge in [0.1, 0.15) is 5.70 Å². The van der Waals surface area contributed by atoms with Gasteiger partial charge in [0.25, 0.3) is 0 Å². The average Bonchev–Trinajstić information content (AvgIpc) is 3.00. The number of allylic oxidation sites excluding steroid dienone is 1. The van der Waals surface area contributed by atoms with Gasteiger partial charge >= 0.3 is 0 Å². The van der Waals surface area contributed by atoms with Crippen molar-refractivity contribution in [1.29, 1.82) is 0 Å². The minimum absolute atomic E-state index is 0.705. The van der Waals surface area contributed by atoms with Gasteiger partial charge in [0.05, 0.1) is 24.3 Å². The molecule has 5 nitrogen and oxygen atoms in total. The van der Waals surface area contributed by atoms with Gasteiger partial charge in [-0.3, -0.25) is 4.68 Å². The highest BCUT2D eigenvalue weighted by Crippen LogP contribution is 2.38. The highest BCUT2D eigenvalue weighted by molar-refractivity contribution is 6.11. The largest absolute Gasteiger partial charge is 0.355 e. The minimum Gasteiger partial charge on any atom is -0.355 e. The molecule has 0 amide bonds. The van der Waals surface area contributed by atoms with Gasteiger partial charge in [0.2, 0.25) is 0 Å². The van der Waals surface area contributed by atoms with Crippen LogP contribution in [0.2, 0.25) is 0 Å². The van der Waals surface area contributed by atoms with Crippen LogP contribution in [0.4, 0.5) is 0 Å². The summed E-state index contributed by atoms with van der Waals surface area (Å²) in [5.74, 6) is 0. The summed E-state index contributed by atoms with van der Waals surface area (Å²) in [4.78, 5) is 10.1. The number of fused-ring (bicyclic) bond motifs is 1. The summed E-state index contributed by atoms with van der Waals surface area (Å²) in [6.45, 7) is 1.04. The van der Waals surface area contributed by atoms with E-state index in [9.17, 15) is 0 Å². The van der Waals surface area contributed by atoms with Crippen molar-refractivity contribution >= 4 is 5.71 Å². The van der Waals surface area contributed by atoms with Crippen molar-refractivity contribution in [3.05, 3.63) is 41.6 Å². The molecule has 0 unspecified atom stereocenters. The summed E-state index contributed by atoms with van der Waals surface area (Å²) in [5.41, 5.74) is 4.64. The van der Waals surface area contributed by atoms with Gasteiger partial charge in [0.15, 0.2) is 0 Å². The zero-order valence-corrected chi connectivity index (χ0v) is 13.6. The van der Waals surface area contributed by atoms with Gasteiger partial charge in [0, 0.05) is 37.1 Å². The Morgan fingerprint density at radius 2 is 1.87 bits per heavy atom. The van der Waals surface area contributed by atoms with Crippen LogP contribution in [0.3, 0.4) is 0 Å². The van der Waals surface area contributed by atoms with Crippen molar-refractivity contribution in [1.82, 2.24) is 19.6 Å². The van der Waals surface area contributed by atoms with Gasteiger partial charge in [-0.2, -0.15) is 5.10 Å². The minimum atomic E-state index is 0.705. The zero-order valence-electron chi connectivity index (χ0n) is 13.6. The average molecular weight is 309 g/mol. The summed E-state index contributed by atoms with van der Waals surface area (Å²) in [6, 6.07) is 1.43. The Morgan fingerprint density at radius 1 is 1.09 bits per heavy atom. The van der Waals surface area contributed by atoms with E-state index in [1.165, 1.54) is 44.2 Å². The SMILES string of the molecule is Cn1cc(C2=NC3=CN(C4CCC4)CN(C4CCC4)C3=C2)cn1. The topological polar surface area (TPSA) is 36.7 Å². The second kappa shape index (κ2) is 4.98. The van der Waals surface area contributed by atoms with Gasteiger partial charge < -0.3 is 9.80 Å². The highest BCUT2D eigenvalue weighted by atomic mass is 15.4. The first-order chi connectivity index (χ1) is 11.3. The Labute approximate surface area is 137 Å². The molecule has 0 saturated heterocycles. The molecule has 5 rings (SSSR count). The van der Waals surface area contributed by atoms with Crippen molar-refractivity contribution in [2.75, 3.05) is 6.67 Å². The molecule has 4 aliphatic rings. The van der Waals surface area contributed by atoms with E-state index in [2.05, 4.69) is 27.2 Å². The lowest BCUT2D eigenvalue weighted by Gasteiger charge is -2.48. The van der Waals surface area contributed by atoms with Crippen LogP contribution in [0.25, 0.3) is 0 Å². The fourth-order valence-corrected chi connectivity index (χ4v) is 3.85. The van der Waals surface area contributed by atoms with Gasteiger partial charge in [-0.05, 0) is 44.6 Å². The van der Waals surface area contributed by atoms with Crippen molar-refractivity contribution < 1.29 is 0 Å². The lowest BCUT2D eigenvalue weighted by Crippen LogP contribution is -2.51. The van der Waals surface area contributed by atoms with Crippen LogP contribution in [0, 0.1) is 0 Å². The van der Waals surface area contributed by atoms with Crippen molar-refractivity contribution in [3.63, 3.8) is 0 Å². The van der Waals surface area contributed by atoms with E-state index in [0.29, 0.717) is 6.04 Å². The van der Waals surface area contributed by atoms with E-state index in [4.69, 9.17) is 4.99 Å². The third-order valence-corrected chi connectivity index (χ3v) is 5.75. The van der Waals surface area contributed by atoms with Gasteiger partial charge in [-0.1, -0.05) is 0 Å². The van der Waals surface area contributed by atoms with Crippen molar-refractivity contribution in [3.8, 4) is 0 Å². The maximum Gasteiger partial charge on any atom is 0.103 e. The van der Waals surface area contributed by atoms with Gasteiger partial charge in [-0.15, -0.1) is 0 Å². The Morgan fingerprint density at radius 3 is 2.48 bits per heavy atom. The van der Waals surface area contributed by atoms with E-state index >= 15 is 0 Å². The van der Waals surface area contributed by atoms with Crippen LogP contribution in [0.5, 0.6) is 0 Å². The van der Waals surface area contributed by atoms with Crippen molar-refractivity contribution in [2.24, 2.45) is 12.0 Å². The smallest absolute Gasteiger partial charge is 0.103 e. The molecule has 2 saturated carbocycles. The summed E-state index contributed by atoms with van der Waals surface area (Å²) in [6.07, 6.45) is 16.6. The molecule has 120 valence electrons. The van der Waals surface area contributed by atoms with E-state index in [-0.39, 0.29) is 0 Å². The molecular weight excluding hydrogens is 286 g/mol. The maximum atomic E-state index is 4.92. The number of aliphatic imine (C=N–C) groups is 1. The van der Waals surface area contributed by atoms with Gasteiger partial charge in [-0.25, -0.2) is 4.99 Å². The van der Waals surface area contributed by atoms with E-state index in [0.717, 1.165) is 29.7 Å². The fraction of sp³-hybridized carbons (Fsp3) is 0.556. The van der Waals surface area contributed by atoms with Crippen LogP contribution >= 0.6 is 0 Å². The molecular formula is C18H23N5. The molecule has 0 spiro atoms. The molecule has 5 heteroatoms. The normalized spacial score (nSPS) is 24.7. The standard InChI is InChI=1S/C18H23N5/c1-21-10-13(9-19-21)16-8-18-17(20-16)11-22(14-4-2-5-14)12-23(18)15-6-3-7-15/h8-11,14-15H,2-7,12H2,1H3. The number of hydrogen-bond donors (Lipinski definition) is 0. The Bertz CT molecular complexity index is 718. The summed E-state index contributed by atoms with van der Waals surface area (Å²) in [5, 5.41) is 4.29.